The summed E-state index contributed by atoms with van der Waals surface area (Å²) in [5.41, 5.74) is 18.3. The number of aromatic nitrogens is 4. The second-order valence-electron chi connectivity index (χ2n) is 8.39. The Balaban J connectivity index is 1.62. The van der Waals surface area contributed by atoms with Gasteiger partial charge < -0.3 is 11.5 Å². The summed E-state index contributed by atoms with van der Waals surface area (Å²) in [4.78, 5) is 14.1. The van der Waals surface area contributed by atoms with E-state index in [0.29, 0.717) is 12.2 Å². The summed E-state index contributed by atoms with van der Waals surface area (Å²) in [5.74, 6) is 0.674. The summed E-state index contributed by atoms with van der Waals surface area (Å²) in [7, 11) is 0. The first-order valence-corrected chi connectivity index (χ1v) is 10.4. The van der Waals surface area contributed by atoms with Crippen molar-refractivity contribution in [2.75, 3.05) is 0 Å². The van der Waals surface area contributed by atoms with Crippen LogP contribution in [-0.2, 0) is 5.54 Å². The Morgan fingerprint density at radius 2 is 1.87 bits per heavy atom. The molecule has 5 rings (SSSR count). The molecule has 0 bridgehead atoms. The normalized spacial score (nSPS) is 21.8. The van der Waals surface area contributed by atoms with E-state index in [2.05, 4.69) is 38.8 Å². The smallest absolute Gasteiger partial charge is 0.148 e. The molecule has 1 aliphatic rings. The van der Waals surface area contributed by atoms with E-state index in [1.807, 2.05) is 43.6 Å². The van der Waals surface area contributed by atoms with Gasteiger partial charge in [0.25, 0.3) is 0 Å². The molecule has 1 fully saturated rings. The van der Waals surface area contributed by atoms with Gasteiger partial charge in [0.1, 0.15) is 11.5 Å². The Hall–Kier alpha value is -3.09. The van der Waals surface area contributed by atoms with Crippen LogP contribution in [0, 0.1) is 6.92 Å². The van der Waals surface area contributed by atoms with Gasteiger partial charge in [0.2, 0.25) is 0 Å². The van der Waals surface area contributed by atoms with Crippen LogP contribution in [0.15, 0.2) is 61.1 Å². The molecule has 3 aromatic heterocycles. The highest BCUT2D eigenvalue weighted by Gasteiger charge is 2.36. The molecule has 152 valence electrons. The highest BCUT2D eigenvalue weighted by molar-refractivity contribution is 5.68. The van der Waals surface area contributed by atoms with Gasteiger partial charge in [0.15, 0.2) is 0 Å². The van der Waals surface area contributed by atoms with Crippen molar-refractivity contribution in [1.29, 1.82) is 0 Å². The van der Waals surface area contributed by atoms with Gasteiger partial charge in [-0.1, -0.05) is 30.3 Å². The van der Waals surface area contributed by atoms with Gasteiger partial charge in [-0.05, 0) is 61.4 Å². The first-order chi connectivity index (χ1) is 14.5. The molecule has 2 atom stereocenters. The quantitative estimate of drug-likeness (QED) is 0.547. The molecule has 0 spiro atoms. The summed E-state index contributed by atoms with van der Waals surface area (Å²) in [6.45, 7) is 2.02. The summed E-state index contributed by atoms with van der Waals surface area (Å²) in [5, 5.41) is 0. The first kappa shape index (κ1) is 18.9. The van der Waals surface area contributed by atoms with Crippen LogP contribution in [-0.4, -0.2) is 25.4 Å². The fourth-order valence-electron chi connectivity index (χ4n) is 4.45. The third-order valence-corrected chi connectivity index (χ3v) is 6.10. The second-order valence-corrected chi connectivity index (χ2v) is 8.39. The zero-order valence-electron chi connectivity index (χ0n) is 17.1. The molecule has 4 N–H and O–H groups in total. The Bertz CT molecular complexity index is 1200. The highest BCUT2D eigenvalue weighted by Crippen LogP contribution is 2.34. The molecule has 1 aliphatic carbocycles. The molecule has 0 radical (unpaired) electrons. The largest absolute Gasteiger partial charge is 0.328 e. The maximum Gasteiger partial charge on any atom is 0.148 e. The van der Waals surface area contributed by atoms with Gasteiger partial charge in [-0.15, -0.1) is 0 Å². The van der Waals surface area contributed by atoms with E-state index in [1.54, 1.807) is 0 Å². The summed E-state index contributed by atoms with van der Waals surface area (Å²) in [6, 6.07) is 14.6. The number of hydrogen-bond donors (Lipinski definition) is 2. The van der Waals surface area contributed by atoms with Crippen molar-refractivity contribution in [2.24, 2.45) is 11.5 Å². The molecule has 1 saturated carbocycles. The van der Waals surface area contributed by atoms with Crippen LogP contribution >= 0.6 is 0 Å². The zero-order valence-corrected chi connectivity index (χ0v) is 17.1. The minimum absolute atomic E-state index is 0.0985. The lowest BCUT2D eigenvalue weighted by Crippen LogP contribution is -2.47. The van der Waals surface area contributed by atoms with E-state index in [9.17, 15) is 0 Å². The first-order valence-electron chi connectivity index (χ1n) is 10.4. The van der Waals surface area contributed by atoms with Crippen LogP contribution < -0.4 is 11.5 Å². The number of imidazole rings is 1. The van der Waals surface area contributed by atoms with Crippen LogP contribution in [0.1, 0.15) is 37.1 Å². The monoisotopic (exact) mass is 398 g/mol. The minimum atomic E-state index is -0.574. The molecule has 0 aliphatic heterocycles. The second kappa shape index (κ2) is 7.31. The lowest BCUT2D eigenvalue weighted by molar-refractivity contribution is 0.260. The Labute approximate surface area is 176 Å². The van der Waals surface area contributed by atoms with Crippen molar-refractivity contribution < 1.29 is 0 Å². The molecule has 0 amide bonds. The van der Waals surface area contributed by atoms with E-state index in [4.69, 9.17) is 16.5 Å². The van der Waals surface area contributed by atoms with Crippen molar-refractivity contribution in [3.8, 4) is 22.5 Å². The van der Waals surface area contributed by atoms with Crippen LogP contribution in [0.2, 0.25) is 0 Å². The van der Waals surface area contributed by atoms with E-state index >= 15 is 0 Å². The summed E-state index contributed by atoms with van der Waals surface area (Å²) >= 11 is 0. The third kappa shape index (κ3) is 3.28. The number of benzene rings is 1. The summed E-state index contributed by atoms with van der Waals surface area (Å²) in [6.07, 6.45) is 9.43. The standard InChI is InChI=1S/C24H26N6/c1-16-13-28-23(24(26)11-5-8-19(25)12-24)29-22(16)20-14-27-21-10-9-18(15-30(20)21)17-6-3-2-4-7-17/h2-4,6-7,9-10,13-15,19H,5,8,11-12,25-26H2,1H3. The molecule has 3 heterocycles. The van der Waals surface area contributed by atoms with Gasteiger partial charge in [-0.2, -0.15) is 0 Å². The van der Waals surface area contributed by atoms with E-state index in [-0.39, 0.29) is 6.04 Å². The van der Waals surface area contributed by atoms with Crippen LogP contribution in [0.3, 0.4) is 0 Å². The van der Waals surface area contributed by atoms with Crippen molar-refractivity contribution in [3.05, 3.63) is 72.4 Å². The zero-order chi connectivity index (χ0) is 20.7. The van der Waals surface area contributed by atoms with Crippen LogP contribution in [0.4, 0.5) is 0 Å². The number of aryl methyl sites for hydroxylation is 1. The summed E-state index contributed by atoms with van der Waals surface area (Å²) < 4.78 is 2.09. The molecule has 1 aromatic carbocycles. The lowest BCUT2D eigenvalue weighted by Gasteiger charge is -2.35. The van der Waals surface area contributed by atoms with Gasteiger partial charge in [0, 0.05) is 18.4 Å². The predicted molar refractivity (Wildman–Crippen MR) is 119 cm³/mol. The fraction of sp³-hybridized carbons (Fsp3) is 0.292. The van der Waals surface area contributed by atoms with E-state index in [0.717, 1.165) is 53.0 Å². The van der Waals surface area contributed by atoms with Gasteiger partial charge >= 0.3 is 0 Å². The number of pyridine rings is 1. The molecular weight excluding hydrogens is 372 g/mol. The number of hydrogen-bond acceptors (Lipinski definition) is 5. The molecule has 4 aromatic rings. The highest BCUT2D eigenvalue weighted by atomic mass is 15.0. The number of rotatable bonds is 3. The molecule has 6 nitrogen and oxygen atoms in total. The number of nitrogens with zero attached hydrogens (tertiary/aromatic N) is 4. The lowest BCUT2D eigenvalue weighted by atomic mass is 9.79. The maximum absolute atomic E-state index is 6.73. The Kier molecular flexibility index (Phi) is 4.60. The predicted octanol–water partition coefficient (Wildman–Crippen LogP) is 3.82. The Morgan fingerprint density at radius 1 is 1.03 bits per heavy atom. The van der Waals surface area contributed by atoms with Crippen molar-refractivity contribution in [2.45, 2.75) is 44.2 Å². The Morgan fingerprint density at radius 3 is 2.67 bits per heavy atom. The average molecular weight is 399 g/mol. The van der Waals surface area contributed by atoms with Gasteiger partial charge in [-0.3, -0.25) is 4.40 Å². The van der Waals surface area contributed by atoms with Crippen molar-refractivity contribution >= 4 is 5.65 Å². The number of fused-ring (bicyclic) bond motifs is 1. The van der Waals surface area contributed by atoms with Crippen LogP contribution in [0.5, 0.6) is 0 Å². The minimum Gasteiger partial charge on any atom is -0.328 e. The van der Waals surface area contributed by atoms with Crippen molar-refractivity contribution in [3.63, 3.8) is 0 Å². The molecule has 6 heteroatoms. The molecule has 30 heavy (non-hydrogen) atoms. The average Bonchev–Trinajstić information content (AvgIpc) is 3.17. The van der Waals surface area contributed by atoms with Gasteiger partial charge in [-0.25, -0.2) is 15.0 Å². The van der Waals surface area contributed by atoms with Crippen molar-refractivity contribution in [1.82, 2.24) is 19.4 Å². The molecule has 0 saturated heterocycles. The van der Waals surface area contributed by atoms with E-state index < -0.39 is 5.54 Å². The SMILES string of the molecule is Cc1cnc(C2(N)CCCC(N)C2)nc1-c1cnc2ccc(-c3ccccc3)cn12. The van der Waals surface area contributed by atoms with Gasteiger partial charge in [0.05, 0.1) is 23.1 Å². The fourth-order valence-corrected chi connectivity index (χ4v) is 4.45. The van der Waals surface area contributed by atoms with E-state index in [1.165, 1.54) is 0 Å². The third-order valence-electron chi connectivity index (χ3n) is 6.10. The molecular formula is C24H26N6. The maximum atomic E-state index is 6.73. The number of nitrogens with two attached hydrogens (primary N) is 2. The topological polar surface area (TPSA) is 95.1 Å². The molecule has 2 unspecified atom stereocenters. The van der Waals surface area contributed by atoms with Crippen LogP contribution in [0.25, 0.3) is 28.2 Å².